The van der Waals surface area contributed by atoms with Crippen LogP contribution in [0.4, 0.5) is 18.9 Å². The van der Waals surface area contributed by atoms with E-state index in [0.717, 1.165) is 0 Å². The first-order valence-corrected chi connectivity index (χ1v) is 10.7. The number of hydrogen-bond acceptors (Lipinski definition) is 4. The highest BCUT2D eigenvalue weighted by atomic mass is 32.1. The zero-order chi connectivity index (χ0) is 23.8. The Morgan fingerprint density at radius 3 is 2.32 bits per heavy atom. The van der Waals surface area contributed by atoms with Gasteiger partial charge in [0.2, 0.25) is 5.82 Å². The summed E-state index contributed by atoms with van der Waals surface area (Å²) in [6.45, 7) is 1.81. The summed E-state index contributed by atoms with van der Waals surface area (Å²) in [5.74, 6) is -0.851. The second-order valence-corrected chi connectivity index (χ2v) is 8.07. The molecule has 170 valence electrons. The summed E-state index contributed by atoms with van der Waals surface area (Å²) in [7, 11) is 0. The zero-order valence-electron chi connectivity index (χ0n) is 17.8. The summed E-state index contributed by atoms with van der Waals surface area (Å²) < 4.78 is 46.9. The van der Waals surface area contributed by atoms with E-state index >= 15 is 0 Å². The van der Waals surface area contributed by atoms with Crippen molar-refractivity contribution < 1.29 is 17.7 Å². The Labute approximate surface area is 198 Å². The maximum Gasteiger partial charge on any atom is 0.258 e. The molecule has 1 unspecified atom stereocenters. The van der Waals surface area contributed by atoms with Crippen LogP contribution in [0, 0.1) is 17.5 Å². The molecule has 0 spiro atoms. The van der Waals surface area contributed by atoms with Gasteiger partial charge < -0.3 is 9.84 Å². The molecule has 0 radical (unpaired) electrons. The maximum absolute atomic E-state index is 14.1. The predicted octanol–water partition coefficient (Wildman–Crippen LogP) is 6.02. The van der Waals surface area contributed by atoms with Gasteiger partial charge in [-0.2, -0.15) is 4.98 Å². The van der Waals surface area contributed by atoms with Gasteiger partial charge in [-0.25, -0.2) is 13.2 Å². The fourth-order valence-electron chi connectivity index (χ4n) is 3.93. The third-order valence-electron chi connectivity index (χ3n) is 5.49. The summed E-state index contributed by atoms with van der Waals surface area (Å²) in [6, 6.07) is 17.2. The van der Waals surface area contributed by atoms with Crippen molar-refractivity contribution in [2.24, 2.45) is 0 Å². The molecule has 4 aromatic rings. The summed E-state index contributed by atoms with van der Waals surface area (Å²) in [4.78, 5) is 6.21. The molecule has 0 saturated heterocycles. The number of nitrogens with one attached hydrogen (secondary N) is 1. The molecule has 9 heteroatoms. The van der Waals surface area contributed by atoms with E-state index in [0.29, 0.717) is 33.2 Å². The first kappa shape index (κ1) is 21.8. The lowest BCUT2D eigenvalue weighted by atomic mass is 9.94. The summed E-state index contributed by atoms with van der Waals surface area (Å²) in [6.07, 6.45) is 0. The van der Waals surface area contributed by atoms with Gasteiger partial charge in [0.15, 0.2) is 5.11 Å². The molecule has 34 heavy (non-hydrogen) atoms. The van der Waals surface area contributed by atoms with Crippen molar-refractivity contribution in [3.63, 3.8) is 0 Å². The van der Waals surface area contributed by atoms with E-state index < -0.39 is 17.7 Å². The summed E-state index contributed by atoms with van der Waals surface area (Å²) >= 11 is 5.61. The minimum Gasteiger partial charge on any atom is -0.351 e. The molecular formula is C25H17F3N4OS. The Morgan fingerprint density at radius 2 is 1.62 bits per heavy atom. The molecule has 0 saturated carbocycles. The molecule has 5 nitrogen and oxygen atoms in total. The largest absolute Gasteiger partial charge is 0.351 e. The minimum atomic E-state index is -0.597. The quantitative estimate of drug-likeness (QED) is 0.362. The topological polar surface area (TPSA) is 54.2 Å². The lowest BCUT2D eigenvalue weighted by Gasteiger charge is -2.37. The summed E-state index contributed by atoms with van der Waals surface area (Å²) in [5, 5.41) is 7.57. The predicted molar refractivity (Wildman–Crippen MR) is 126 cm³/mol. The second kappa shape index (κ2) is 8.75. The number of benzene rings is 3. The van der Waals surface area contributed by atoms with Crippen LogP contribution in [0.15, 0.2) is 83.0 Å². The van der Waals surface area contributed by atoms with Crippen LogP contribution in [0.2, 0.25) is 0 Å². The van der Waals surface area contributed by atoms with Gasteiger partial charge in [0.1, 0.15) is 17.5 Å². The highest BCUT2D eigenvalue weighted by molar-refractivity contribution is 7.80. The Kier molecular flexibility index (Phi) is 5.62. The molecule has 1 aliphatic heterocycles. The second-order valence-electron chi connectivity index (χ2n) is 7.68. The van der Waals surface area contributed by atoms with Crippen molar-refractivity contribution in [1.29, 1.82) is 0 Å². The monoisotopic (exact) mass is 478 g/mol. The molecule has 0 amide bonds. The van der Waals surface area contributed by atoms with E-state index in [1.165, 1.54) is 36.4 Å². The van der Waals surface area contributed by atoms with Crippen molar-refractivity contribution in [1.82, 2.24) is 15.5 Å². The number of nitrogens with zero attached hydrogens (tertiary/aromatic N) is 3. The molecule has 0 fully saturated rings. The smallest absolute Gasteiger partial charge is 0.258 e. The Balaban J connectivity index is 1.66. The highest BCUT2D eigenvalue weighted by Crippen LogP contribution is 2.39. The average molecular weight is 478 g/mol. The van der Waals surface area contributed by atoms with Crippen LogP contribution in [-0.4, -0.2) is 15.3 Å². The number of allylic oxidation sites excluding steroid dienone is 1. The van der Waals surface area contributed by atoms with E-state index in [9.17, 15) is 13.2 Å². The Morgan fingerprint density at radius 1 is 0.912 bits per heavy atom. The lowest BCUT2D eigenvalue weighted by molar-refractivity contribution is 0.404. The molecule has 0 aliphatic carbocycles. The van der Waals surface area contributed by atoms with Crippen molar-refractivity contribution in [2.45, 2.75) is 13.0 Å². The SMILES string of the molecule is CC1=C(c2nc(-c3cccc(F)c3)no2)C(c2cccc(F)c2)NC(=S)N1c1ccc(F)cc1. The van der Waals surface area contributed by atoms with Crippen LogP contribution < -0.4 is 10.2 Å². The Hall–Kier alpha value is -3.98. The van der Waals surface area contributed by atoms with Gasteiger partial charge in [-0.3, -0.25) is 4.90 Å². The molecule has 5 rings (SSSR count). The van der Waals surface area contributed by atoms with E-state index in [1.807, 2.05) is 6.92 Å². The van der Waals surface area contributed by atoms with Crippen molar-refractivity contribution in [2.75, 3.05) is 4.90 Å². The number of halogens is 3. The molecule has 1 aliphatic rings. The fraction of sp³-hybridized carbons (Fsp3) is 0.0800. The van der Waals surface area contributed by atoms with E-state index in [2.05, 4.69) is 15.5 Å². The van der Waals surface area contributed by atoms with Crippen LogP contribution in [0.3, 0.4) is 0 Å². The number of hydrogen-bond donors (Lipinski definition) is 1. The zero-order valence-corrected chi connectivity index (χ0v) is 18.6. The molecule has 1 aromatic heterocycles. The Bertz CT molecular complexity index is 1420. The molecule has 1 atom stereocenters. The lowest BCUT2D eigenvalue weighted by Crippen LogP contribution is -2.46. The normalized spacial score (nSPS) is 16.1. The standard InChI is InChI=1S/C25H17F3N4OS/c1-14-21(24-30-23(31-33-24)16-5-3-7-19(28)13-16)22(15-4-2-6-18(27)12-15)29-25(34)32(14)20-10-8-17(26)9-11-20/h2-13,22H,1H3,(H,29,34). The highest BCUT2D eigenvalue weighted by Gasteiger charge is 2.35. The van der Waals surface area contributed by atoms with E-state index in [4.69, 9.17) is 16.7 Å². The minimum absolute atomic E-state index is 0.160. The van der Waals surface area contributed by atoms with Crippen LogP contribution >= 0.6 is 12.2 Å². The van der Waals surface area contributed by atoms with Gasteiger partial charge in [0, 0.05) is 16.9 Å². The third kappa shape index (κ3) is 4.06. The number of rotatable bonds is 4. The molecule has 1 N–H and O–H groups in total. The fourth-order valence-corrected chi connectivity index (χ4v) is 4.30. The number of anilines is 1. The van der Waals surface area contributed by atoms with E-state index in [-0.39, 0.29) is 17.5 Å². The van der Waals surface area contributed by atoms with Crippen LogP contribution in [0.5, 0.6) is 0 Å². The first-order valence-electron chi connectivity index (χ1n) is 10.3. The molecule has 2 heterocycles. The van der Waals surface area contributed by atoms with Crippen LogP contribution in [-0.2, 0) is 0 Å². The average Bonchev–Trinajstić information content (AvgIpc) is 3.30. The third-order valence-corrected chi connectivity index (χ3v) is 5.79. The van der Waals surface area contributed by atoms with Gasteiger partial charge in [-0.15, -0.1) is 0 Å². The summed E-state index contributed by atoms with van der Waals surface area (Å²) in [5.41, 5.74) is 2.86. The molecule has 3 aromatic carbocycles. The maximum atomic E-state index is 14.1. The molecular weight excluding hydrogens is 461 g/mol. The van der Waals surface area contributed by atoms with Gasteiger partial charge in [-0.1, -0.05) is 29.4 Å². The van der Waals surface area contributed by atoms with Crippen LogP contribution in [0.25, 0.3) is 17.0 Å². The van der Waals surface area contributed by atoms with Crippen molar-refractivity contribution in [3.05, 3.63) is 107 Å². The van der Waals surface area contributed by atoms with Crippen LogP contribution in [0.1, 0.15) is 24.4 Å². The number of thiocarbonyl (C=S) groups is 1. The molecule has 0 bridgehead atoms. The first-order chi connectivity index (χ1) is 16.4. The van der Waals surface area contributed by atoms with E-state index in [1.54, 1.807) is 41.3 Å². The van der Waals surface area contributed by atoms with Crippen molar-refractivity contribution >= 4 is 28.6 Å². The van der Waals surface area contributed by atoms with Crippen molar-refractivity contribution in [3.8, 4) is 11.4 Å². The number of aromatic nitrogens is 2. The van der Waals surface area contributed by atoms with Gasteiger partial charge in [0.05, 0.1) is 11.6 Å². The van der Waals surface area contributed by atoms with Gasteiger partial charge >= 0.3 is 0 Å². The van der Waals surface area contributed by atoms with Gasteiger partial charge in [0.25, 0.3) is 5.89 Å². The van der Waals surface area contributed by atoms with Gasteiger partial charge in [-0.05, 0) is 73.2 Å².